The summed E-state index contributed by atoms with van der Waals surface area (Å²) in [7, 11) is -3.44. The third kappa shape index (κ3) is 4.52. The van der Waals surface area contributed by atoms with Crippen molar-refractivity contribution in [3.63, 3.8) is 0 Å². The molecule has 1 unspecified atom stereocenters. The van der Waals surface area contributed by atoms with Gasteiger partial charge in [-0.15, -0.1) is 0 Å². The molecule has 6 heteroatoms. The molecule has 1 aliphatic heterocycles. The number of nitrogens with zero attached hydrogens (tertiary/aromatic N) is 1. The Morgan fingerprint density at radius 3 is 2.56 bits per heavy atom. The van der Waals surface area contributed by atoms with Gasteiger partial charge in [0.15, 0.2) is 0 Å². The largest absolute Gasteiger partial charge is 0.377 e. The van der Waals surface area contributed by atoms with Crippen LogP contribution >= 0.6 is 0 Å². The number of hydrogen-bond acceptors (Lipinski definition) is 4. The number of benzene rings is 2. The molecule has 0 radical (unpaired) electrons. The lowest BCUT2D eigenvalue weighted by atomic mass is 10.1. The fourth-order valence-corrected chi connectivity index (χ4v) is 4.32. The Balaban J connectivity index is 1.69. The standard InChI is InChI=1S/C19H24N2O3S/c1-15-5-3-4-6-17(15)14-25(22,23)20-18-7-9-19(10-8-18)21-11-12-24-13-16(21)2/h3-10,16,20H,11-14H2,1-2H3. The van der Waals surface area contributed by atoms with E-state index in [1.165, 1.54) is 0 Å². The topological polar surface area (TPSA) is 58.6 Å². The van der Waals surface area contributed by atoms with E-state index in [4.69, 9.17) is 4.74 Å². The van der Waals surface area contributed by atoms with Gasteiger partial charge in [0.2, 0.25) is 10.0 Å². The van der Waals surface area contributed by atoms with Crippen LogP contribution in [0.5, 0.6) is 0 Å². The minimum Gasteiger partial charge on any atom is -0.377 e. The van der Waals surface area contributed by atoms with Crippen LogP contribution in [0.25, 0.3) is 0 Å². The number of rotatable bonds is 5. The van der Waals surface area contributed by atoms with Crippen LogP contribution < -0.4 is 9.62 Å². The van der Waals surface area contributed by atoms with Crippen molar-refractivity contribution in [2.24, 2.45) is 0 Å². The second-order valence-corrected chi connectivity index (χ2v) is 8.17. The molecular formula is C19H24N2O3S. The van der Waals surface area contributed by atoms with E-state index in [0.29, 0.717) is 18.3 Å². The van der Waals surface area contributed by atoms with Gasteiger partial charge in [-0.3, -0.25) is 4.72 Å². The zero-order valence-corrected chi connectivity index (χ0v) is 15.4. The van der Waals surface area contributed by atoms with Crippen LogP contribution in [0.4, 0.5) is 11.4 Å². The lowest BCUT2D eigenvalue weighted by Gasteiger charge is -2.35. The Morgan fingerprint density at radius 1 is 1.16 bits per heavy atom. The van der Waals surface area contributed by atoms with Crippen molar-refractivity contribution < 1.29 is 13.2 Å². The third-order valence-corrected chi connectivity index (χ3v) is 5.68. The molecule has 3 rings (SSSR count). The fraction of sp³-hybridized carbons (Fsp3) is 0.368. The maximum atomic E-state index is 12.4. The first kappa shape index (κ1) is 17.8. The highest BCUT2D eigenvalue weighted by molar-refractivity contribution is 7.91. The summed E-state index contributed by atoms with van der Waals surface area (Å²) in [5.74, 6) is -0.0259. The van der Waals surface area contributed by atoms with Crippen molar-refractivity contribution in [2.75, 3.05) is 29.4 Å². The van der Waals surface area contributed by atoms with E-state index in [1.807, 2.05) is 55.5 Å². The van der Waals surface area contributed by atoms with Crippen LogP contribution in [0.1, 0.15) is 18.1 Å². The van der Waals surface area contributed by atoms with Crippen LogP contribution in [0, 0.1) is 6.92 Å². The minimum absolute atomic E-state index is 0.0259. The van der Waals surface area contributed by atoms with Gasteiger partial charge >= 0.3 is 0 Å². The van der Waals surface area contributed by atoms with E-state index in [1.54, 1.807) is 0 Å². The highest BCUT2D eigenvalue weighted by Gasteiger charge is 2.19. The van der Waals surface area contributed by atoms with Crippen molar-refractivity contribution in [3.05, 3.63) is 59.7 Å². The number of aryl methyl sites for hydroxylation is 1. The van der Waals surface area contributed by atoms with E-state index >= 15 is 0 Å². The summed E-state index contributed by atoms with van der Waals surface area (Å²) < 4.78 is 33.0. The van der Waals surface area contributed by atoms with Gasteiger partial charge in [0.05, 0.1) is 19.0 Å². The van der Waals surface area contributed by atoms with Gasteiger partial charge in [0.25, 0.3) is 0 Å². The summed E-state index contributed by atoms with van der Waals surface area (Å²) in [5, 5.41) is 0. The summed E-state index contributed by atoms with van der Waals surface area (Å²) in [4.78, 5) is 2.27. The number of morpholine rings is 1. The zero-order valence-electron chi connectivity index (χ0n) is 14.6. The van der Waals surface area contributed by atoms with E-state index in [2.05, 4.69) is 16.5 Å². The average molecular weight is 360 g/mol. The van der Waals surface area contributed by atoms with Gasteiger partial charge in [-0.2, -0.15) is 0 Å². The molecule has 2 aromatic carbocycles. The molecule has 5 nitrogen and oxygen atoms in total. The number of nitrogens with one attached hydrogen (secondary N) is 1. The van der Waals surface area contributed by atoms with Crippen molar-refractivity contribution in [3.8, 4) is 0 Å². The van der Waals surface area contributed by atoms with Crippen LogP contribution in [0.15, 0.2) is 48.5 Å². The molecule has 1 heterocycles. The number of hydrogen-bond donors (Lipinski definition) is 1. The summed E-state index contributed by atoms with van der Waals surface area (Å²) in [5.41, 5.74) is 3.45. The Labute approximate surface area is 149 Å². The second-order valence-electron chi connectivity index (χ2n) is 6.45. The Kier molecular flexibility index (Phi) is 5.30. The first-order chi connectivity index (χ1) is 11.9. The van der Waals surface area contributed by atoms with Gasteiger partial charge in [0, 0.05) is 24.0 Å². The molecule has 0 spiro atoms. The molecule has 0 amide bonds. The van der Waals surface area contributed by atoms with E-state index in [-0.39, 0.29) is 5.75 Å². The zero-order chi connectivity index (χ0) is 17.9. The van der Waals surface area contributed by atoms with E-state index in [0.717, 1.165) is 30.0 Å². The average Bonchev–Trinajstić information content (AvgIpc) is 2.58. The van der Waals surface area contributed by atoms with E-state index in [9.17, 15) is 8.42 Å². The van der Waals surface area contributed by atoms with Crippen LogP contribution in [0.3, 0.4) is 0 Å². The maximum Gasteiger partial charge on any atom is 0.236 e. The first-order valence-corrected chi connectivity index (χ1v) is 10.1. The predicted octanol–water partition coefficient (Wildman–Crippen LogP) is 3.16. The van der Waals surface area contributed by atoms with Gasteiger partial charge in [0.1, 0.15) is 0 Å². The number of ether oxygens (including phenoxy) is 1. The Morgan fingerprint density at radius 2 is 1.88 bits per heavy atom. The molecule has 1 atom stereocenters. The van der Waals surface area contributed by atoms with Gasteiger partial charge in [-0.05, 0) is 49.2 Å². The number of anilines is 2. The van der Waals surface area contributed by atoms with Crippen LogP contribution in [-0.4, -0.2) is 34.2 Å². The van der Waals surface area contributed by atoms with Crippen molar-refractivity contribution >= 4 is 21.4 Å². The quantitative estimate of drug-likeness (QED) is 0.890. The maximum absolute atomic E-state index is 12.4. The lowest BCUT2D eigenvalue weighted by molar-refractivity contribution is 0.0989. The van der Waals surface area contributed by atoms with Gasteiger partial charge in [-0.25, -0.2) is 8.42 Å². The summed E-state index contributed by atoms with van der Waals surface area (Å²) in [6.07, 6.45) is 0. The summed E-state index contributed by atoms with van der Waals surface area (Å²) in [6.45, 7) is 6.32. The Bertz CT molecular complexity index is 819. The third-order valence-electron chi connectivity index (χ3n) is 4.45. The molecule has 134 valence electrons. The Hall–Kier alpha value is -2.05. The molecule has 0 saturated carbocycles. The van der Waals surface area contributed by atoms with Gasteiger partial charge in [-0.1, -0.05) is 24.3 Å². The first-order valence-electron chi connectivity index (χ1n) is 8.44. The smallest absolute Gasteiger partial charge is 0.236 e. The number of sulfonamides is 1. The molecule has 25 heavy (non-hydrogen) atoms. The molecule has 1 saturated heterocycles. The van der Waals surface area contributed by atoms with Crippen molar-refractivity contribution in [1.82, 2.24) is 0 Å². The molecule has 2 aromatic rings. The van der Waals surface area contributed by atoms with Crippen molar-refractivity contribution in [1.29, 1.82) is 0 Å². The highest BCUT2D eigenvalue weighted by Crippen LogP contribution is 2.23. The monoisotopic (exact) mass is 360 g/mol. The van der Waals surface area contributed by atoms with Crippen LogP contribution in [-0.2, 0) is 20.5 Å². The van der Waals surface area contributed by atoms with Crippen molar-refractivity contribution in [2.45, 2.75) is 25.6 Å². The second kappa shape index (κ2) is 7.45. The highest BCUT2D eigenvalue weighted by atomic mass is 32.2. The molecule has 1 aliphatic rings. The molecule has 1 fully saturated rings. The van der Waals surface area contributed by atoms with Crippen LogP contribution in [0.2, 0.25) is 0 Å². The molecule has 1 N–H and O–H groups in total. The predicted molar refractivity (Wildman–Crippen MR) is 101 cm³/mol. The lowest BCUT2D eigenvalue weighted by Crippen LogP contribution is -2.43. The van der Waals surface area contributed by atoms with Gasteiger partial charge < -0.3 is 9.64 Å². The summed E-state index contributed by atoms with van der Waals surface area (Å²) >= 11 is 0. The summed E-state index contributed by atoms with van der Waals surface area (Å²) in [6, 6.07) is 15.4. The normalized spacial score (nSPS) is 18.2. The SMILES string of the molecule is Cc1ccccc1CS(=O)(=O)Nc1ccc(N2CCOCC2C)cc1. The molecule has 0 aromatic heterocycles. The molecule has 0 aliphatic carbocycles. The molecular weight excluding hydrogens is 336 g/mol. The minimum atomic E-state index is -3.44. The molecule has 0 bridgehead atoms. The van der Waals surface area contributed by atoms with E-state index < -0.39 is 10.0 Å². The fourth-order valence-electron chi connectivity index (χ4n) is 3.02.